The topological polar surface area (TPSA) is 53.5 Å². The maximum Gasteiger partial charge on any atom is 0.235 e. The quantitative estimate of drug-likeness (QED) is 0.365. The molecule has 4 nitrogen and oxygen atoms in total. The predicted molar refractivity (Wildman–Crippen MR) is 49.8 cm³/mol. The van der Waals surface area contributed by atoms with Crippen LogP contribution in [0.25, 0.3) is 0 Å². The Morgan fingerprint density at radius 1 is 1.33 bits per heavy atom. The summed E-state index contributed by atoms with van der Waals surface area (Å²) in [7, 11) is 0. The summed E-state index contributed by atoms with van der Waals surface area (Å²) in [6.07, 6.45) is 0. The molecule has 0 aliphatic carbocycles. The summed E-state index contributed by atoms with van der Waals surface area (Å²) in [5, 5.41) is 0. The van der Waals surface area contributed by atoms with Gasteiger partial charge in [-0.05, 0) is 12.8 Å². The van der Waals surface area contributed by atoms with Gasteiger partial charge in [0.1, 0.15) is 5.84 Å². The molecule has 0 unspecified atom stereocenters. The van der Waals surface area contributed by atoms with Crippen LogP contribution in [-0.4, -0.2) is 18.3 Å². The average molecular weight is 171 g/mol. The van der Waals surface area contributed by atoms with Crippen molar-refractivity contribution in [1.29, 1.82) is 0 Å². The Morgan fingerprint density at radius 2 is 1.92 bits per heavy atom. The van der Waals surface area contributed by atoms with E-state index in [1.165, 1.54) is 6.92 Å². The normalized spacial score (nSPS) is 11.6. The molecule has 0 aromatic carbocycles. The highest BCUT2D eigenvalue weighted by Crippen LogP contribution is 1.90. The Kier molecular flexibility index (Phi) is 5.08. The Hall–Kier alpha value is -1.06. The summed E-state index contributed by atoms with van der Waals surface area (Å²) in [6, 6.07) is 0. The standard InChI is InChI=1S/C8H17N3O/c1-6(2)5-9-7(3)10-11-8(4)12/h6H,5H2,1-4H3,(H,9,10)(H,11,12). The third kappa shape index (κ3) is 7.05. The minimum atomic E-state index is -0.117. The second-order valence-electron chi connectivity index (χ2n) is 3.13. The van der Waals surface area contributed by atoms with Crippen molar-refractivity contribution >= 4 is 11.7 Å². The van der Waals surface area contributed by atoms with Gasteiger partial charge in [-0.2, -0.15) is 0 Å². The summed E-state index contributed by atoms with van der Waals surface area (Å²) in [4.78, 5) is 14.6. The molecule has 0 radical (unpaired) electrons. The lowest BCUT2D eigenvalue weighted by Crippen LogP contribution is -2.39. The Balaban J connectivity index is 3.63. The molecule has 0 spiro atoms. The summed E-state index contributed by atoms with van der Waals surface area (Å²) in [5.74, 6) is 1.16. The van der Waals surface area contributed by atoms with Crippen molar-refractivity contribution in [2.24, 2.45) is 10.9 Å². The van der Waals surface area contributed by atoms with Crippen LogP contribution < -0.4 is 10.9 Å². The number of amidine groups is 1. The van der Waals surface area contributed by atoms with Gasteiger partial charge < -0.3 is 0 Å². The molecular formula is C8H17N3O. The van der Waals surface area contributed by atoms with E-state index in [1.807, 2.05) is 6.92 Å². The second-order valence-corrected chi connectivity index (χ2v) is 3.13. The molecule has 12 heavy (non-hydrogen) atoms. The van der Waals surface area contributed by atoms with Crippen molar-refractivity contribution in [1.82, 2.24) is 10.9 Å². The predicted octanol–water partition coefficient (Wildman–Crippen LogP) is 0.702. The summed E-state index contributed by atoms with van der Waals surface area (Å²) >= 11 is 0. The monoisotopic (exact) mass is 171 g/mol. The van der Waals surface area contributed by atoms with Gasteiger partial charge in [-0.3, -0.25) is 20.6 Å². The summed E-state index contributed by atoms with van der Waals surface area (Å²) < 4.78 is 0. The molecule has 0 saturated heterocycles. The molecule has 0 heterocycles. The minimum absolute atomic E-state index is 0.117. The molecular weight excluding hydrogens is 154 g/mol. The molecule has 0 rings (SSSR count). The maximum atomic E-state index is 10.5. The highest BCUT2D eigenvalue weighted by Gasteiger charge is 1.93. The van der Waals surface area contributed by atoms with Gasteiger partial charge >= 0.3 is 0 Å². The zero-order chi connectivity index (χ0) is 9.56. The van der Waals surface area contributed by atoms with E-state index in [1.54, 1.807) is 0 Å². The molecule has 0 atom stereocenters. The van der Waals surface area contributed by atoms with Crippen LogP contribution in [0.15, 0.2) is 4.99 Å². The zero-order valence-corrected chi connectivity index (χ0v) is 8.14. The number of nitrogens with zero attached hydrogens (tertiary/aromatic N) is 1. The van der Waals surface area contributed by atoms with Crippen LogP contribution in [-0.2, 0) is 4.79 Å². The van der Waals surface area contributed by atoms with E-state index in [4.69, 9.17) is 0 Å². The summed E-state index contributed by atoms with van der Waals surface area (Å²) in [5.41, 5.74) is 5.14. The molecule has 0 bridgehead atoms. The fourth-order valence-corrected chi connectivity index (χ4v) is 0.537. The van der Waals surface area contributed by atoms with E-state index >= 15 is 0 Å². The van der Waals surface area contributed by atoms with Gasteiger partial charge in [0.15, 0.2) is 0 Å². The van der Waals surface area contributed by atoms with Crippen LogP contribution in [0.4, 0.5) is 0 Å². The number of carbonyl (C=O) groups is 1. The van der Waals surface area contributed by atoms with Crippen molar-refractivity contribution in [2.75, 3.05) is 6.54 Å². The van der Waals surface area contributed by atoms with Crippen LogP contribution in [0.1, 0.15) is 27.7 Å². The molecule has 0 saturated carbocycles. The number of nitrogens with one attached hydrogen (secondary N) is 2. The molecule has 0 fully saturated rings. The summed E-state index contributed by atoms with van der Waals surface area (Å²) in [6.45, 7) is 8.23. The van der Waals surface area contributed by atoms with Gasteiger partial charge in [-0.25, -0.2) is 0 Å². The lowest BCUT2D eigenvalue weighted by atomic mass is 10.2. The van der Waals surface area contributed by atoms with Crippen LogP contribution in [0.3, 0.4) is 0 Å². The van der Waals surface area contributed by atoms with Crippen LogP contribution in [0.5, 0.6) is 0 Å². The van der Waals surface area contributed by atoms with E-state index in [-0.39, 0.29) is 5.91 Å². The molecule has 0 aliphatic heterocycles. The van der Waals surface area contributed by atoms with Crippen molar-refractivity contribution in [3.8, 4) is 0 Å². The first-order chi connectivity index (χ1) is 5.52. The van der Waals surface area contributed by atoms with Crippen LogP contribution in [0, 0.1) is 5.92 Å². The van der Waals surface area contributed by atoms with Gasteiger partial charge in [0.25, 0.3) is 0 Å². The molecule has 0 aliphatic rings. The lowest BCUT2D eigenvalue weighted by Gasteiger charge is -2.06. The average Bonchev–Trinajstić information content (AvgIpc) is 1.96. The largest absolute Gasteiger partial charge is 0.286 e. The fraction of sp³-hybridized carbons (Fsp3) is 0.750. The van der Waals surface area contributed by atoms with Crippen LogP contribution >= 0.6 is 0 Å². The van der Waals surface area contributed by atoms with E-state index in [0.717, 1.165) is 12.4 Å². The molecule has 4 heteroatoms. The number of aliphatic imine (C=N–C) groups is 1. The third-order valence-electron chi connectivity index (χ3n) is 1.11. The van der Waals surface area contributed by atoms with E-state index in [2.05, 4.69) is 29.7 Å². The second kappa shape index (κ2) is 5.57. The van der Waals surface area contributed by atoms with Crippen molar-refractivity contribution in [3.05, 3.63) is 0 Å². The number of carbonyl (C=O) groups excluding carboxylic acids is 1. The zero-order valence-electron chi connectivity index (χ0n) is 8.14. The number of rotatable bonds is 2. The van der Waals surface area contributed by atoms with E-state index in [9.17, 15) is 4.79 Å². The first-order valence-electron chi connectivity index (χ1n) is 4.06. The van der Waals surface area contributed by atoms with Gasteiger partial charge in [0, 0.05) is 13.5 Å². The smallest absolute Gasteiger partial charge is 0.235 e. The van der Waals surface area contributed by atoms with E-state index < -0.39 is 0 Å². The van der Waals surface area contributed by atoms with Crippen molar-refractivity contribution in [2.45, 2.75) is 27.7 Å². The van der Waals surface area contributed by atoms with Crippen LogP contribution in [0.2, 0.25) is 0 Å². The molecule has 0 aromatic heterocycles. The van der Waals surface area contributed by atoms with Gasteiger partial charge in [0.05, 0.1) is 0 Å². The SMILES string of the molecule is CC(=O)NNC(C)=NCC(C)C. The highest BCUT2D eigenvalue weighted by atomic mass is 16.2. The first-order valence-corrected chi connectivity index (χ1v) is 4.06. The van der Waals surface area contributed by atoms with Gasteiger partial charge in [-0.15, -0.1) is 0 Å². The van der Waals surface area contributed by atoms with Gasteiger partial charge in [0.2, 0.25) is 5.91 Å². The lowest BCUT2D eigenvalue weighted by molar-refractivity contribution is -0.119. The minimum Gasteiger partial charge on any atom is -0.286 e. The van der Waals surface area contributed by atoms with Crippen molar-refractivity contribution in [3.63, 3.8) is 0 Å². The molecule has 0 aromatic rings. The number of hydrazine groups is 1. The van der Waals surface area contributed by atoms with E-state index in [0.29, 0.717) is 5.92 Å². The fourth-order valence-electron chi connectivity index (χ4n) is 0.537. The van der Waals surface area contributed by atoms with Crippen molar-refractivity contribution < 1.29 is 4.79 Å². The Labute approximate surface area is 73.4 Å². The number of hydrogen-bond donors (Lipinski definition) is 2. The van der Waals surface area contributed by atoms with Gasteiger partial charge in [-0.1, -0.05) is 13.8 Å². The Bertz CT molecular complexity index is 175. The third-order valence-corrected chi connectivity index (χ3v) is 1.11. The molecule has 70 valence electrons. The number of amides is 1. The number of hydrogen-bond acceptors (Lipinski definition) is 2. The Morgan fingerprint density at radius 3 is 2.33 bits per heavy atom. The first kappa shape index (κ1) is 10.9. The highest BCUT2D eigenvalue weighted by molar-refractivity contribution is 5.82. The molecule has 1 amide bonds. The maximum absolute atomic E-state index is 10.5. The molecule has 2 N–H and O–H groups in total.